The van der Waals surface area contributed by atoms with Crippen molar-refractivity contribution in [2.24, 2.45) is 0 Å². The van der Waals surface area contributed by atoms with Gasteiger partial charge in [0.25, 0.3) is 5.69 Å². The molecule has 3 rings (SSSR count). The summed E-state index contributed by atoms with van der Waals surface area (Å²) in [4.78, 5) is 22.5. The third kappa shape index (κ3) is 2.84. The van der Waals surface area contributed by atoms with Gasteiger partial charge in [-0.05, 0) is 42.0 Å². The maximum Gasteiger partial charge on any atom is 0.269 e. The number of carbonyl (C=O) groups is 1. The lowest BCUT2D eigenvalue weighted by Gasteiger charge is -2.05. The van der Waals surface area contributed by atoms with Gasteiger partial charge in [-0.1, -0.05) is 24.3 Å². The predicted molar refractivity (Wildman–Crippen MR) is 79.6 cm³/mol. The van der Waals surface area contributed by atoms with Crippen LogP contribution in [0.2, 0.25) is 0 Å². The fourth-order valence-corrected chi connectivity index (χ4v) is 2.77. The molecule has 0 aliphatic heterocycles. The summed E-state index contributed by atoms with van der Waals surface area (Å²) in [6.45, 7) is 0. The van der Waals surface area contributed by atoms with Crippen molar-refractivity contribution < 1.29 is 9.72 Å². The molecule has 0 unspecified atom stereocenters. The summed E-state index contributed by atoms with van der Waals surface area (Å²) in [6.07, 6.45) is 3.59. The van der Waals surface area contributed by atoms with Crippen molar-refractivity contribution in [2.45, 2.75) is 25.7 Å². The number of nitro groups is 1. The van der Waals surface area contributed by atoms with Crippen LogP contribution in [0.1, 0.15) is 33.5 Å². The van der Waals surface area contributed by atoms with Gasteiger partial charge in [0, 0.05) is 24.1 Å². The van der Waals surface area contributed by atoms with Crippen LogP contribution in [-0.4, -0.2) is 10.7 Å². The van der Waals surface area contributed by atoms with Crippen molar-refractivity contribution in [3.8, 4) is 0 Å². The second-order valence-corrected chi connectivity index (χ2v) is 5.36. The van der Waals surface area contributed by atoms with Crippen LogP contribution in [0.25, 0.3) is 0 Å². The van der Waals surface area contributed by atoms with Crippen LogP contribution in [0, 0.1) is 10.1 Å². The summed E-state index contributed by atoms with van der Waals surface area (Å²) in [5, 5.41) is 10.6. The summed E-state index contributed by atoms with van der Waals surface area (Å²) >= 11 is 0. The summed E-state index contributed by atoms with van der Waals surface area (Å²) in [6, 6.07) is 12.1. The van der Waals surface area contributed by atoms with E-state index in [9.17, 15) is 14.9 Å². The number of carbonyl (C=O) groups excluding carboxylic acids is 1. The van der Waals surface area contributed by atoms with Crippen molar-refractivity contribution >= 4 is 11.5 Å². The molecule has 1 aliphatic rings. The van der Waals surface area contributed by atoms with E-state index < -0.39 is 4.92 Å². The predicted octanol–water partition coefficient (Wildman–Crippen LogP) is 3.51. The Balaban J connectivity index is 1.75. The summed E-state index contributed by atoms with van der Waals surface area (Å²) in [5.74, 6) is 0.0542. The number of non-ortho nitro benzene ring substituents is 1. The third-order valence-corrected chi connectivity index (χ3v) is 3.93. The number of ketones is 1. The van der Waals surface area contributed by atoms with E-state index in [1.165, 1.54) is 23.3 Å². The largest absolute Gasteiger partial charge is 0.294 e. The number of nitrogens with zero attached hydrogens (tertiary/aromatic N) is 1. The first-order valence-electron chi connectivity index (χ1n) is 7.02. The van der Waals surface area contributed by atoms with Crippen LogP contribution >= 0.6 is 0 Å². The zero-order chi connectivity index (χ0) is 14.8. The molecule has 0 aromatic heterocycles. The van der Waals surface area contributed by atoms with E-state index in [0.29, 0.717) is 0 Å². The molecule has 0 saturated heterocycles. The van der Waals surface area contributed by atoms with Crippen molar-refractivity contribution in [3.05, 3.63) is 74.8 Å². The van der Waals surface area contributed by atoms with Crippen LogP contribution in [0.3, 0.4) is 0 Å². The molecule has 0 fully saturated rings. The first-order chi connectivity index (χ1) is 10.1. The van der Waals surface area contributed by atoms with Crippen LogP contribution in [0.15, 0.2) is 42.5 Å². The third-order valence-electron chi connectivity index (χ3n) is 3.93. The van der Waals surface area contributed by atoms with Crippen LogP contribution in [0.5, 0.6) is 0 Å². The number of aryl methyl sites for hydroxylation is 2. The van der Waals surface area contributed by atoms with Crippen LogP contribution in [0.4, 0.5) is 5.69 Å². The zero-order valence-electron chi connectivity index (χ0n) is 11.5. The second-order valence-electron chi connectivity index (χ2n) is 5.36. The molecule has 0 bridgehead atoms. The number of hydrogen-bond donors (Lipinski definition) is 0. The van der Waals surface area contributed by atoms with Gasteiger partial charge >= 0.3 is 0 Å². The smallest absolute Gasteiger partial charge is 0.269 e. The normalized spacial score (nSPS) is 13.0. The zero-order valence-corrected chi connectivity index (χ0v) is 11.5. The lowest BCUT2D eigenvalue weighted by atomic mass is 9.99. The molecular weight excluding hydrogens is 266 g/mol. The van der Waals surface area contributed by atoms with Gasteiger partial charge in [-0.25, -0.2) is 0 Å². The maximum atomic E-state index is 12.3. The number of rotatable bonds is 4. The molecule has 21 heavy (non-hydrogen) atoms. The molecule has 4 heteroatoms. The Morgan fingerprint density at radius 3 is 2.48 bits per heavy atom. The van der Waals surface area contributed by atoms with Gasteiger partial charge in [0.2, 0.25) is 0 Å². The van der Waals surface area contributed by atoms with Crippen molar-refractivity contribution in [1.29, 1.82) is 0 Å². The standard InChI is InChI=1S/C17H15NO3/c19-17(10-12-4-8-16(9-5-12)18(20)21)15-7-6-13-2-1-3-14(13)11-15/h4-9,11H,1-3,10H2. The molecular formula is C17H15NO3. The molecule has 0 saturated carbocycles. The van der Waals surface area contributed by atoms with Crippen molar-refractivity contribution in [1.82, 2.24) is 0 Å². The van der Waals surface area contributed by atoms with Crippen molar-refractivity contribution in [3.63, 3.8) is 0 Å². The highest BCUT2D eigenvalue weighted by Gasteiger charge is 2.14. The molecule has 0 spiro atoms. The minimum Gasteiger partial charge on any atom is -0.294 e. The first-order valence-corrected chi connectivity index (χ1v) is 7.02. The van der Waals surface area contributed by atoms with Crippen LogP contribution < -0.4 is 0 Å². The molecule has 2 aromatic rings. The Kier molecular flexibility index (Phi) is 3.52. The highest BCUT2D eigenvalue weighted by molar-refractivity contribution is 5.97. The fraction of sp³-hybridized carbons (Fsp3) is 0.235. The molecule has 2 aromatic carbocycles. The minimum atomic E-state index is -0.438. The Morgan fingerprint density at radius 1 is 1.05 bits per heavy atom. The first kappa shape index (κ1) is 13.5. The SMILES string of the molecule is O=C(Cc1ccc([N+](=O)[O-])cc1)c1ccc2c(c1)CCC2. The Morgan fingerprint density at radius 2 is 1.76 bits per heavy atom. The van der Waals surface area contributed by atoms with E-state index >= 15 is 0 Å². The summed E-state index contributed by atoms with van der Waals surface area (Å²) < 4.78 is 0. The van der Waals surface area contributed by atoms with Gasteiger partial charge in [-0.15, -0.1) is 0 Å². The lowest BCUT2D eigenvalue weighted by Crippen LogP contribution is -2.04. The Labute approximate surface area is 122 Å². The minimum absolute atomic E-state index is 0.0451. The van der Waals surface area contributed by atoms with Gasteiger partial charge < -0.3 is 0 Å². The highest BCUT2D eigenvalue weighted by Crippen LogP contribution is 2.23. The molecule has 0 N–H and O–H groups in total. The molecule has 106 valence electrons. The van der Waals surface area contributed by atoms with Crippen molar-refractivity contribution in [2.75, 3.05) is 0 Å². The van der Waals surface area contributed by atoms with Gasteiger partial charge in [-0.2, -0.15) is 0 Å². The second kappa shape index (κ2) is 5.48. The Hall–Kier alpha value is -2.49. The van der Waals surface area contributed by atoms with E-state index in [2.05, 4.69) is 0 Å². The molecule has 4 nitrogen and oxygen atoms in total. The monoisotopic (exact) mass is 281 g/mol. The summed E-state index contributed by atoms with van der Waals surface area (Å²) in [7, 11) is 0. The fourth-order valence-electron chi connectivity index (χ4n) is 2.77. The van der Waals surface area contributed by atoms with Gasteiger partial charge in [0.05, 0.1) is 4.92 Å². The number of nitro benzene ring substituents is 1. The Bertz CT molecular complexity index is 704. The number of benzene rings is 2. The lowest BCUT2D eigenvalue weighted by molar-refractivity contribution is -0.384. The topological polar surface area (TPSA) is 60.2 Å². The number of Topliss-reactive ketones (excluding diaryl/α,β-unsaturated/α-hetero) is 1. The molecule has 1 aliphatic carbocycles. The van der Waals surface area contributed by atoms with E-state index in [4.69, 9.17) is 0 Å². The highest BCUT2D eigenvalue weighted by atomic mass is 16.6. The van der Waals surface area contributed by atoms with E-state index in [0.717, 1.165) is 30.4 Å². The quantitative estimate of drug-likeness (QED) is 0.489. The maximum absolute atomic E-state index is 12.3. The summed E-state index contributed by atoms with van der Waals surface area (Å²) in [5.41, 5.74) is 4.20. The number of fused-ring (bicyclic) bond motifs is 1. The van der Waals surface area contributed by atoms with E-state index in [-0.39, 0.29) is 17.9 Å². The van der Waals surface area contributed by atoms with Gasteiger partial charge in [0.15, 0.2) is 5.78 Å². The van der Waals surface area contributed by atoms with Gasteiger partial charge in [-0.3, -0.25) is 14.9 Å². The molecule has 0 atom stereocenters. The molecule has 0 radical (unpaired) electrons. The van der Waals surface area contributed by atoms with E-state index in [1.807, 2.05) is 18.2 Å². The molecule has 0 heterocycles. The average molecular weight is 281 g/mol. The number of hydrogen-bond acceptors (Lipinski definition) is 3. The van der Waals surface area contributed by atoms with Crippen LogP contribution in [-0.2, 0) is 19.3 Å². The molecule has 0 amide bonds. The van der Waals surface area contributed by atoms with E-state index in [1.54, 1.807) is 12.1 Å². The van der Waals surface area contributed by atoms with Gasteiger partial charge in [0.1, 0.15) is 0 Å². The average Bonchev–Trinajstić information content (AvgIpc) is 2.95.